The smallest absolute Gasteiger partial charge is 0.160 e. The number of benzene rings is 1. The van der Waals surface area contributed by atoms with E-state index in [0.717, 1.165) is 10.0 Å². The van der Waals surface area contributed by atoms with E-state index in [1.807, 2.05) is 13.0 Å². The van der Waals surface area contributed by atoms with Gasteiger partial charge in [0.25, 0.3) is 0 Å². The van der Waals surface area contributed by atoms with Crippen LogP contribution in [0.15, 0.2) is 16.6 Å². The average molecular weight is 238 g/mol. The molecule has 0 aliphatic heterocycles. The minimum absolute atomic E-state index is 0.0125. The van der Waals surface area contributed by atoms with Crippen molar-refractivity contribution in [2.75, 3.05) is 0 Å². The lowest BCUT2D eigenvalue weighted by molar-refractivity contribution is 0.101. The van der Waals surface area contributed by atoms with Crippen LogP contribution >= 0.6 is 15.9 Å². The van der Waals surface area contributed by atoms with Gasteiger partial charge in [-0.1, -0.05) is 0 Å². The first-order valence-electron chi connectivity index (χ1n) is 3.77. The van der Waals surface area contributed by atoms with E-state index in [2.05, 4.69) is 15.9 Å². The molecule has 0 bridgehead atoms. The highest BCUT2D eigenvalue weighted by Crippen LogP contribution is 2.21. The standard InChI is InChI=1S/C10H8BrNO/c1-6-3-10(11)8(5-12)4-9(6)7(2)13/h3-4H,1-2H3. The van der Waals surface area contributed by atoms with E-state index >= 15 is 0 Å². The maximum absolute atomic E-state index is 11.1. The summed E-state index contributed by atoms with van der Waals surface area (Å²) in [5.74, 6) is -0.0125. The largest absolute Gasteiger partial charge is 0.295 e. The van der Waals surface area contributed by atoms with Crippen molar-refractivity contribution in [3.8, 4) is 6.07 Å². The molecule has 0 heterocycles. The molecular weight excluding hydrogens is 230 g/mol. The lowest BCUT2D eigenvalue weighted by Gasteiger charge is -2.03. The van der Waals surface area contributed by atoms with E-state index in [-0.39, 0.29) is 5.78 Å². The molecule has 0 aliphatic carbocycles. The van der Waals surface area contributed by atoms with Gasteiger partial charge in [-0.15, -0.1) is 0 Å². The minimum Gasteiger partial charge on any atom is -0.295 e. The van der Waals surface area contributed by atoms with Crippen LogP contribution < -0.4 is 0 Å². The molecule has 66 valence electrons. The van der Waals surface area contributed by atoms with Gasteiger partial charge in [-0.25, -0.2) is 0 Å². The summed E-state index contributed by atoms with van der Waals surface area (Å²) in [5.41, 5.74) is 1.99. The van der Waals surface area contributed by atoms with E-state index in [1.165, 1.54) is 6.92 Å². The van der Waals surface area contributed by atoms with Crippen molar-refractivity contribution in [2.24, 2.45) is 0 Å². The van der Waals surface area contributed by atoms with Crippen molar-refractivity contribution in [3.05, 3.63) is 33.3 Å². The zero-order chi connectivity index (χ0) is 10.0. The highest BCUT2D eigenvalue weighted by atomic mass is 79.9. The number of hydrogen-bond acceptors (Lipinski definition) is 2. The lowest BCUT2D eigenvalue weighted by atomic mass is 10.0. The van der Waals surface area contributed by atoms with E-state index in [9.17, 15) is 4.79 Å². The van der Waals surface area contributed by atoms with Crippen molar-refractivity contribution in [1.29, 1.82) is 5.26 Å². The van der Waals surface area contributed by atoms with Crippen LogP contribution in [0.1, 0.15) is 28.4 Å². The van der Waals surface area contributed by atoms with Crippen LogP contribution in [0.4, 0.5) is 0 Å². The molecule has 1 aromatic carbocycles. The number of nitriles is 1. The fraction of sp³-hybridized carbons (Fsp3) is 0.200. The molecule has 1 rings (SSSR count). The van der Waals surface area contributed by atoms with Crippen LogP contribution in [-0.2, 0) is 0 Å². The number of carbonyl (C=O) groups excluding carboxylic acids is 1. The Morgan fingerprint density at radius 1 is 1.54 bits per heavy atom. The van der Waals surface area contributed by atoms with Gasteiger partial charge in [0.05, 0.1) is 5.56 Å². The van der Waals surface area contributed by atoms with Gasteiger partial charge in [-0.2, -0.15) is 5.26 Å². The number of rotatable bonds is 1. The molecule has 0 aliphatic rings. The van der Waals surface area contributed by atoms with Crippen LogP contribution in [0.5, 0.6) is 0 Å². The second-order valence-electron chi connectivity index (χ2n) is 2.81. The number of aryl methyl sites for hydroxylation is 1. The molecule has 0 saturated heterocycles. The molecule has 1 aromatic rings. The summed E-state index contributed by atoms with van der Waals surface area (Å²) in [6.45, 7) is 3.35. The Kier molecular flexibility index (Phi) is 2.84. The molecular formula is C10H8BrNO. The van der Waals surface area contributed by atoms with Crippen LogP contribution in [0.2, 0.25) is 0 Å². The zero-order valence-electron chi connectivity index (χ0n) is 7.39. The molecule has 2 nitrogen and oxygen atoms in total. The fourth-order valence-corrected chi connectivity index (χ4v) is 1.68. The first kappa shape index (κ1) is 9.94. The van der Waals surface area contributed by atoms with Crippen molar-refractivity contribution in [3.63, 3.8) is 0 Å². The van der Waals surface area contributed by atoms with Gasteiger partial charge < -0.3 is 0 Å². The number of hydrogen-bond donors (Lipinski definition) is 0. The summed E-state index contributed by atoms with van der Waals surface area (Å²) >= 11 is 3.26. The second-order valence-corrected chi connectivity index (χ2v) is 3.67. The Labute approximate surface area is 85.3 Å². The zero-order valence-corrected chi connectivity index (χ0v) is 8.97. The lowest BCUT2D eigenvalue weighted by Crippen LogP contribution is -1.97. The van der Waals surface area contributed by atoms with Crippen LogP contribution in [-0.4, -0.2) is 5.78 Å². The number of ketones is 1. The van der Waals surface area contributed by atoms with Crippen LogP contribution in [0, 0.1) is 18.3 Å². The molecule has 0 amide bonds. The predicted octanol–water partition coefficient (Wildman–Crippen LogP) is 2.83. The van der Waals surface area contributed by atoms with Gasteiger partial charge in [0.2, 0.25) is 0 Å². The summed E-state index contributed by atoms with van der Waals surface area (Å²) in [7, 11) is 0. The summed E-state index contributed by atoms with van der Waals surface area (Å²) in [4.78, 5) is 11.1. The Morgan fingerprint density at radius 2 is 2.15 bits per heavy atom. The molecule has 0 radical (unpaired) electrons. The monoisotopic (exact) mass is 237 g/mol. The topological polar surface area (TPSA) is 40.9 Å². The third-order valence-electron chi connectivity index (χ3n) is 1.81. The van der Waals surface area contributed by atoms with E-state index in [1.54, 1.807) is 12.1 Å². The minimum atomic E-state index is -0.0125. The number of halogens is 1. The Balaban J connectivity index is 3.41. The van der Waals surface area contributed by atoms with Crippen molar-refractivity contribution >= 4 is 21.7 Å². The SMILES string of the molecule is CC(=O)c1cc(C#N)c(Br)cc1C. The Bertz CT molecular complexity index is 404. The van der Waals surface area contributed by atoms with Gasteiger partial charge in [0.15, 0.2) is 5.78 Å². The summed E-state index contributed by atoms with van der Waals surface area (Å²) in [5, 5.41) is 8.72. The van der Waals surface area contributed by atoms with Crippen LogP contribution in [0.3, 0.4) is 0 Å². The Hall–Kier alpha value is -1.14. The predicted molar refractivity (Wildman–Crippen MR) is 53.6 cm³/mol. The van der Waals surface area contributed by atoms with Gasteiger partial charge >= 0.3 is 0 Å². The van der Waals surface area contributed by atoms with Crippen molar-refractivity contribution < 1.29 is 4.79 Å². The second kappa shape index (κ2) is 3.71. The van der Waals surface area contributed by atoms with Crippen LogP contribution in [0.25, 0.3) is 0 Å². The van der Waals surface area contributed by atoms with Crippen molar-refractivity contribution in [2.45, 2.75) is 13.8 Å². The maximum Gasteiger partial charge on any atom is 0.160 e. The third-order valence-corrected chi connectivity index (χ3v) is 2.47. The molecule has 0 aromatic heterocycles. The van der Waals surface area contributed by atoms with E-state index in [4.69, 9.17) is 5.26 Å². The average Bonchev–Trinajstić information content (AvgIpc) is 2.03. The fourth-order valence-electron chi connectivity index (χ4n) is 1.14. The molecule has 13 heavy (non-hydrogen) atoms. The Morgan fingerprint density at radius 3 is 2.62 bits per heavy atom. The molecule has 3 heteroatoms. The van der Waals surface area contributed by atoms with Gasteiger partial charge in [-0.3, -0.25) is 4.79 Å². The van der Waals surface area contributed by atoms with Crippen molar-refractivity contribution in [1.82, 2.24) is 0 Å². The molecule has 0 saturated carbocycles. The molecule has 0 unspecified atom stereocenters. The van der Waals surface area contributed by atoms with E-state index < -0.39 is 0 Å². The van der Waals surface area contributed by atoms with Gasteiger partial charge in [0, 0.05) is 10.0 Å². The summed E-state index contributed by atoms with van der Waals surface area (Å²) in [6, 6.07) is 5.42. The first-order chi connectivity index (χ1) is 6.06. The van der Waals surface area contributed by atoms with E-state index in [0.29, 0.717) is 11.1 Å². The highest BCUT2D eigenvalue weighted by Gasteiger charge is 2.08. The summed E-state index contributed by atoms with van der Waals surface area (Å²) in [6.07, 6.45) is 0. The van der Waals surface area contributed by atoms with Gasteiger partial charge in [-0.05, 0) is 47.5 Å². The maximum atomic E-state index is 11.1. The number of Topliss-reactive ketones (excluding diaryl/α,β-unsaturated/α-hetero) is 1. The quantitative estimate of drug-likeness (QED) is 0.706. The molecule has 0 atom stereocenters. The normalized spacial score (nSPS) is 9.38. The highest BCUT2D eigenvalue weighted by molar-refractivity contribution is 9.10. The molecule has 0 N–H and O–H groups in total. The van der Waals surface area contributed by atoms with Gasteiger partial charge in [0.1, 0.15) is 6.07 Å². The third kappa shape index (κ3) is 1.96. The summed E-state index contributed by atoms with van der Waals surface area (Å²) < 4.78 is 0.734. The number of carbonyl (C=O) groups is 1. The molecule has 0 fully saturated rings. The number of nitrogens with zero attached hydrogens (tertiary/aromatic N) is 1. The molecule has 0 spiro atoms. The first-order valence-corrected chi connectivity index (χ1v) is 4.56.